The third-order valence-electron chi connectivity index (χ3n) is 8.02. The van der Waals surface area contributed by atoms with Crippen LogP contribution in [0.25, 0.3) is 5.65 Å². The van der Waals surface area contributed by atoms with Crippen LogP contribution in [0.2, 0.25) is 5.02 Å². The summed E-state index contributed by atoms with van der Waals surface area (Å²) in [6, 6.07) is 9.15. The van der Waals surface area contributed by atoms with Gasteiger partial charge >= 0.3 is 0 Å². The van der Waals surface area contributed by atoms with Crippen molar-refractivity contribution in [3.8, 4) is 5.75 Å². The van der Waals surface area contributed by atoms with E-state index in [2.05, 4.69) is 28.8 Å². The standard InChI is InChI=1S/C28H36ClN7O3/c1-28(38)17-34(18-28)24-16-26-33(3)11-10-32(2)12-13-39-23-8-7-19(29)14-20(23)27(37)35-9-5-4-6-22(35)21-15-25(30-24)36(26)31-21/h7-8,14-16,22,38H,4-6,9-13,17-18H2,1-3H3/t22-/m0/s1. The van der Waals surface area contributed by atoms with Crippen LogP contribution >= 0.6 is 11.6 Å². The highest BCUT2D eigenvalue weighted by Crippen LogP contribution is 2.36. The molecule has 2 bridgehead atoms. The second-order valence-electron chi connectivity index (χ2n) is 11.4. The molecule has 10 nitrogen and oxygen atoms in total. The maximum Gasteiger partial charge on any atom is 0.258 e. The van der Waals surface area contributed by atoms with Crippen LogP contribution < -0.4 is 14.5 Å². The molecule has 2 aromatic heterocycles. The molecule has 3 aromatic rings. The molecule has 39 heavy (non-hydrogen) atoms. The number of ether oxygens (including phenoxy) is 1. The van der Waals surface area contributed by atoms with Gasteiger partial charge in [-0.2, -0.15) is 9.61 Å². The number of fused-ring (bicyclic) bond motifs is 4. The van der Waals surface area contributed by atoms with Gasteiger partial charge in [-0.25, -0.2) is 4.98 Å². The van der Waals surface area contributed by atoms with Gasteiger partial charge in [0.25, 0.3) is 5.91 Å². The normalized spacial score (nSPS) is 22.4. The SMILES string of the molecule is CN1CCOc2ccc(Cl)cc2C(=O)N2CCCC[C@H]2c2cc3nc(N4CC(C)(O)C4)cc(n3n2)N(C)CC1. The number of rotatable bonds is 1. The van der Waals surface area contributed by atoms with E-state index in [0.717, 1.165) is 55.3 Å². The van der Waals surface area contributed by atoms with E-state index < -0.39 is 5.60 Å². The molecule has 5 heterocycles. The number of aromatic nitrogens is 3. The monoisotopic (exact) mass is 553 g/mol. The lowest BCUT2D eigenvalue weighted by Crippen LogP contribution is -2.60. The number of carbonyl (C=O) groups excluding carboxylic acids is 1. The van der Waals surface area contributed by atoms with Crippen molar-refractivity contribution >= 4 is 34.8 Å². The number of halogens is 1. The van der Waals surface area contributed by atoms with Gasteiger partial charge in [0, 0.05) is 63.5 Å². The van der Waals surface area contributed by atoms with Crippen LogP contribution in [-0.2, 0) is 0 Å². The van der Waals surface area contributed by atoms with Crippen LogP contribution in [-0.4, -0.2) is 101 Å². The first-order valence-corrected chi connectivity index (χ1v) is 14.1. The van der Waals surface area contributed by atoms with Gasteiger partial charge in [-0.1, -0.05) is 11.6 Å². The lowest BCUT2D eigenvalue weighted by molar-refractivity contribution is 0.0305. The number of hydrogen-bond donors (Lipinski definition) is 1. The van der Waals surface area contributed by atoms with E-state index in [9.17, 15) is 9.90 Å². The van der Waals surface area contributed by atoms with E-state index in [4.69, 9.17) is 26.4 Å². The fourth-order valence-corrected chi connectivity index (χ4v) is 5.96. The van der Waals surface area contributed by atoms with Gasteiger partial charge in [0.1, 0.15) is 24.0 Å². The van der Waals surface area contributed by atoms with Crippen LogP contribution in [0.3, 0.4) is 0 Å². The zero-order valence-electron chi connectivity index (χ0n) is 22.8. The summed E-state index contributed by atoms with van der Waals surface area (Å²) in [5, 5.41) is 15.9. The van der Waals surface area contributed by atoms with E-state index in [1.807, 2.05) is 28.5 Å². The third kappa shape index (κ3) is 5.13. The number of β-amino-alcohol motifs (C(OH)–C–C–N with tert-alkyl or cyclic N) is 1. The highest BCUT2D eigenvalue weighted by molar-refractivity contribution is 6.31. The molecule has 208 valence electrons. The van der Waals surface area contributed by atoms with Crippen LogP contribution in [0.15, 0.2) is 30.3 Å². The predicted octanol–water partition coefficient (Wildman–Crippen LogP) is 3.08. The number of amides is 1. The number of aliphatic hydroxyl groups is 1. The second-order valence-corrected chi connectivity index (χ2v) is 11.8. The number of hydrogen-bond acceptors (Lipinski definition) is 8. The van der Waals surface area contributed by atoms with E-state index in [-0.39, 0.29) is 11.9 Å². The second kappa shape index (κ2) is 10.1. The summed E-state index contributed by atoms with van der Waals surface area (Å²) in [4.78, 5) is 27.3. The lowest BCUT2D eigenvalue weighted by atomic mass is 9.97. The van der Waals surface area contributed by atoms with Crippen molar-refractivity contribution in [2.75, 3.05) is 69.8 Å². The number of anilines is 2. The Morgan fingerprint density at radius 1 is 1.08 bits per heavy atom. The summed E-state index contributed by atoms with van der Waals surface area (Å²) in [7, 11) is 4.13. The summed E-state index contributed by atoms with van der Waals surface area (Å²) in [5.41, 5.74) is 1.34. The van der Waals surface area contributed by atoms with Gasteiger partial charge in [-0.15, -0.1) is 0 Å². The summed E-state index contributed by atoms with van der Waals surface area (Å²) in [6.45, 7) is 6.33. The number of likely N-dealkylation sites (N-methyl/N-ethyl adjacent to an activating group) is 2. The van der Waals surface area contributed by atoms with Crippen molar-refractivity contribution in [2.24, 2.45) is 0 Å². The Bertz CT molecular complexity index is 1380. The van der Waals surface area contributed by atoms with Crippen LogP contribution in [0.4, 0.5) is 11.6 Å². The number of carbonyl (C=O) groups is 1. The highest BCUT2D eigenvalue weighted by Gasteiger charge is 2.38. The number of nitrogens with zero attached hydrogens (tertiary/aromatic N) is 7. The Morgan fingerprint density at radius 3 is 2.69 bits per heavy atom. The fraction of sp³-hybridized carbons (Fsp3) is 0.536. The molecule has 1 amide bonds. The van der Waals surface area contributed by atoms with Gasteiger partial charge in [0.05, 0.1) is 22.9 Å². The van der Waals surface area contributed by atoms with Crippen molar-refractivity contribution in [2.45, 2.75) is 37.8 Å². The molecule has 2 fully saturated rings. The Labute approximate surface area is 233 Å². The first-order chi connectivity index (χ1) is 18.7. The van der Waals surface area contributed by atoms with Gasteiger partial charge in [-0.3, -0.25) is 4.79 Å². The van der Waals surface area contributed by atoms with Crippen molar-refractivity contribution in [3.63, 3.8) is 0 Å². The van der Waals surface area contributed by atoms with Gasteiger partial charge in [-0.05, 0) is 51.4 Å². The molecule has 11 heteroatoms. The minimum atomic E-state index is -0.704. The zero-order valence-corrected chi connectivity index (χ0v) is 23.6. The Kier molecular flexibility index (Phi) is 6.81. The topological polar surface area (TPSA) is 89.7 Å². The average Bonchev–Trinajstić information content (AvgIpc) is 3.34. The van der Waals surface area contributed by atoms with Gasteiger partial charge < -0.3 is 29.4 Å². The smallest absolute Gasteiger partial charge is 0.258 e. The van der Waals surface area contributed by atoms with Crippen molar-refractivity contribution in [1.29, 1.82) is 0 Å². The van der Waals surface area contributed by atoms with Crippen molar-refractivity contribution < 1.29 is 14.6 Å². The predicted molar refractivity (Wildman–Crippen MR) is 151 cm³/mol. The molecule has 1 atom stereocenters. The molecular formula is C28H36ClN7O3. The van der Waals surface area contributed by atoms with Crippen LogP contribution in [0.1, 0.15) is 48.3 Å². The first kappa shape index (κ1) is 26.2. The largest absolute Gasteiger partial charge is 0.491 e. The molecule has 1 aromatic carbocycles. The van der Waals surface area contributed by atoms with Gasteiger partial charge in [0.2, 0.25) is 0 Å². The molecule has 3 aliphatic heterocycles. The molecule has 0 spiro atoms. The number of benzene rings is 1. The molecule has 0 unspecified atom stereocenters. The number of piperidine rings is 1. The van der Waals surface area contributed by atoms with E-state index in [1.165, 1.54) is 0 Å². The minimum Gasteiger partial charge on any atom is -0.491 e. The van der Waals surface area contributed by atoms with Gasteiger partial charge in [0.15, 0.2) is 5.65 Å². The maximum atomic E-state index is 14.0. The zero-order chi connectivity index (χ0) is 27.3. The molecule has 0 saturated carbocycles. The fourth-order valence-electron chi connectivity index (χ4n) is 5.79. The summed E-state index contributed by atoms with van der Waals surface area (Å²) in [6.07, 6.45) is 2.77. The average molecular weight is 554 g/mol. The molecule has 6 rings (SSSR count). The molecule has 1 N–H and O–H groups in total. The van der Waals surface area contributed by atoms with Crippen LogP contribution in [0, 0.1) is 0 Å². The Morgan fingerprint density at radius 2 is 1.90 bits per heavy atom. The Balaban J connectivity index is 1.45. The summed E-state index contributed by atoms with van der Waals surface area (Å²) >= 11 is 6.34. The third-order valence-corrected chi connectivity index (χ3v) is 8.25. The molecular weight excluding hydrogens is 518 g/mol. The van der Waals surface area contributed by atoms with Crippen molar-refractivity contribution in [3.05, 3.63) is 46.6 Å². The first-order valence-electron chi connectivity index (χ1n) is 13.7. The maximum absolute atomic E-state index is 14.0. The minimum absolute atomic E-state index is 0.0940. The summed E-state index contributed by atoms with van der Waals surface area (Å²) < 4.78 is 8.03. The molecule has 2 saturated heterocycles. The quantitative estimate of drug-likeness (QED) is 0.492. The Hall–Kier alpha value is -3.08. The van der Waals surface area contributed by atoms with E-state index in [0.29, 0.717) is 49.1 Å². The van der Waals surface area contributed by atoms with Crippen molar-refractivity contribution in [1.82, 2.24) is 24.4 Å². The molecule has 3 aliphatic rings. The summed E-state index contributed by atoms with van der Waals surface area (Å²) in [5.74, 6) is 2.21. The molecule has 0 radical (unpaired) electrons. The van der Waals surface area contributed by atoms with E-state index >= 15 is 0 Å². The molecule has 0 aliphatic carbocycles. The lowest BCUT2D eigenvalue weighted by Gasteiger charge is -2.45. The highest BCUT2D eigenvalue weighted by atomic mass is 35.5. The van der Waals surface area contributed by atoms with Crippen LogP contribution in [0.5, 0.6) is 5.75 Å². The van der Waals surface area contributed by atoms with E-state index in [1.54, 1.807) is 18.2 Å².